The van der Waals surface area contributed by atoms with Gasteiger partial charge in [0, 0.05) is 11.4 Å². The summed E-state index contributed by atoms with van der Waals surface area (Å²) in [6.07, 6.45) is 1.03. The van der Waals surface area contributed by atoms with Crippen molar-refractivity contribution in [3.05, 3.63) is 21.4 Å². The van der Waals surface area contributed by atoms with Crippen LogP contribution in [0.2, 0.25) is 0 Å². The van der Waals surface area contributed by atoms with Crippen molar-refractivity contribution < 1.29 is 4.79 Å². The predicted molar refractivity (Wildman–Crippen MR) is 44.9 cm³/mol. The van der Waals surface area contributed by atoms with Crippen LogP contribution in [-0.2, 0) is 13.0 Å². The molecule has 2 nitrogen and oxygen atoms in total. The van der Waals surface area contributed by atoms with E-state index in [2.05, 4.69) is 18.3 Å². The summed E-state index contributed by atoms with van der Waals surface area (Å²) < 4.78 is 0. The average Bonchev–Trinajstić information content (AvgIpc) is 2.53. The molecule has 1 aromatic heterocycles. The average molecular weight is 167 g/mol. The monoisotopic (exact) mass is 167 g/mol. The van der Waals surface area contributed by atoms with Crippen molar-refractivity contribution in [3.8, 4) is 0 Å². The van der Waals surface area contributed by atoms with Crippen LogP contribution in [-0.4, -0.2) is 5.91 Å². The van der Waals surface area contributed by atoms with E-state index in [1.54, 1.807) is 11.3 Å². The van der Waals surface area contributed by atoms with Gasteiger partial charge in [-0.25, -0.2) is 0 Å². The third-order valence-corrected chi connectivity index (χ3v) is 3.17. The van der Waals surface area contributed by atoms with E-state index >= 15 is 0 Å². The Kier molecular flexibility index (Phi) is 1.46. The van der Waals surface area contributed by atoms with Crippen LogP contribution in [0.4, 0.5) is 0 Å². The van der Waals surface area contributed by atoms with E-state index in [0.717, 1.165) is 17.8 Å². The summed E-state index contributed by atoms with van der Waals surface area (Å²) in [5.74, 6) is 0.102. The molecule has 11 heavy (non-hydrogen) atoms. The fourth-order valence-corrected chi connectivity index (χ4v) is 2.27. The highest BCUT2D eigenvalue weighted by atomic mass is 32.1. The first-order valence-electron chi connectivity index (χ1n) is 3.71. The SMILES string of the molecule is CCc1cc2c(s1)C(=O)NC2. The van der Waals surface area contributed by atoms with E-state index in [4.69, 9.17) is 0 Å². The Morgan fingerprint density at radius 1 is 1.73 bits per heavy atom. The highest BCUT2D eigenvalue weighted by Crippen LogP contribution is 2.26. The van der Waals surface area contributed by atoms with Crippen molar-refractivity contribution >= 4 is 17.2 Å². The molecule has 1 aliphatic rings. The number of carbonyl (C=O) groups excluding carboxylic acids is 1. The summed E-state index contributed by atoms with van der Waals surface area (Å²) in [6.45, 7) is 2.84. The molecule has 1 aliphatic heterocycles. The van der Waals surface area contributed by atoms with E-state index in [9.17, 15) is 4.79 Å². The molecular formula is C8H9NOS. The Bertz CT molecular complexity index is 303. The first-order chi connectivity index (χ1) is 5.31. The summed E-state index contributed by atoms with van der Waals surface area (Å²) >= 11 is 1.62. The number of amides is 1. The molecule has 1 N–H and O–H groups in total. The Balaban J connectivity index is 2.46. The van der Waals surface area contributed by atoms with Gasteiger partial charge in [-0.05, 0) is 18.1 Å². The molecule has 0 aromatic carbocycles. The van der Waals surface area contributed by atoms with Crippen molar-refractivity contribution in [1.82, 2.24) is 5.32 Å². The first kappa shape index (κ1) is 6.85. The van der Waals surface area contributed by atoms with Crippen LogP contribution in [0.5, 0.6) is 0 Å². The van der Waals surface area contributed by atoms with Crippen molar-refractivity contribution in [2.24, 2.45) is 0 Å². The Labute approximate surface area is 69.2 Å². The summed E-state index contributed by atoms with van der Waals surface area (Å²) in [6, 6.07) is 2.12. The number of rotatable bonds is 1. The number of fused-ring (bicyclic) bond motifs is 1. The standard InChI is InChI=1S/C8H9NOS/c1-2-6-3-5-4-9-8(10)7(5)11-6/h3H,2,4H2,1H3,(H,9,10). The van der Waals surface area contributed by atoms with Gasteiger partial charge in [-0.1, -0.05) is 6.92 Å². The van der Waals surface area contributed by atoms with Crippen LogP contribution in [0.15, 0.2) is 6.07 Å². The number of thiophene rings is 1. The minimum Gasteiger partial charge on any atom is -0.347 e. The molecule has 0 unspecified atom stereocenters. The van der Waals surface area contributed by atoms with Gasteiger partial charge in [0.15, 0.2) is 0 Å². The van der Waals surface area contributed by atoms with Gasteiger partial charge in [0.2, 0.25) is 0 Å². The Morgan fingerprint density at radius 2 is 2.55 bits per heavy atom. The Hall–Kier alpha value is -0.830. The van der Waals surface area contributed by atoms with Crippen molar-refractivity contribution in [3.63, 3.8) is 0 Å². The van der Waals surface area contributed by atoms with E-state index in [0.29, 0.717) is 0 Å². The quantitative estimate of drug-likeness (QED) is 0.675. The van der Waals surface area contributed by atoms with E-state index in [1.165, 1.54) is 10.4 Å². The molecule has 0 fully saturated rings. The number of hydrogen-bond acceptors (Lipinski definition) is 2. The third-order valence-electron chi connectivity index (χ3n) is 1.85. The lowest BCUT2D eigenvalue weighted by molar-refractivity contribution is 0.0969. The van der Waals surface area contributed by atoms with Gasteiger partial charge in [0.05, 0.1) is 4.88 Å². The predicted octanol–water partition coefficient (Wildman–Crippen LogP) is 1.55. The molecule has 2 heterocycles. The highest BCUT2D eigenvalue weighted by Gasteiger charge is 2.21. The van der Waals surface area contributed by atoms with Crippen LogP contribution >= 0.6 is 11.3 Å². The Morgan fingerprint density at radius 3 is 3.18 bits per heavy atom. The van der Waals surface area contributed by atoms with Gasteiger partial charge in [0.1, 0.15) is 0 Å². The molecule has 0 atom stereocenters. The number of aryl methyl sites for hydroxylation is 1. The molecule has 0 spiro atoms. The van der Waals surface area contributed by atoms with Crippen LogP contribution in [0.1, 0.15) is 27.0 Å². The largest absolute Gasteiger partial charge is 0.347 e. The molecule has 2 rings (SSSR count). The zero-order valence-electron chi connectivity index (χ0n) is 6.31. The van der Waals surface area contributed by atoms with Crippen LogP contribution in [0.3, 0.4) is 0 Å². The molecule has 1 aromatic rings. The first-order valence-corrected chi connectivity index (χ1v) is 4.52. The topological polar surface area (TPSA) is 29.1 Å². The normalized spacial score (nSPS) is 14.8. The van der Waals surface area contributed by atoms with Crippen molar-refractivity contribution in [2.45, 2.75) is 19.9 Å². The second kappa shape index (κ2) is 2.34. The van der Waals surface area contributed by atoms with E-state index in [1.807, 2.05) is 0 Å². The maximum Gasteiger partial charge on any atom is 0.261 e. The molecule has 0 saturated heterocycles. The van der Waals surface area contributed by atoms with Gasteiger partial charge < -0.3 is 5.32 Å². The lowest BCUT2D eigenvalue weighted by Crippen LogP contribution is -2.12. The fraction of sp³-hybridized carbons (Fsp3) is 0.375. The number of hydrogen-bond donors (Lipinski definition) is 1. The molecule has 0 bridgehead atoms. The number of nitrogens with one attached hydrogen (secondary N) is 1. The van der Waals surface area contributed by atoms with Gasteiger partial charge in [-0.2, -0.15) is 0 Å². The van der Waals surface area contributed by atoms with Crippen molar-refractivity contribution in [1.29, 1.82) is 0 Å². The molecule has 0 saturated carbocycles. The van der Waals surface area contributed by atoms with Crippen LogP contribution in [0, 0.1) is 0 Å². The zero-order chi connectivity index (χ0) is 7.84. The van der Waals surface area contributed by atoms with Crippen molar-refractivity contribution in [2.75, 3.05) is 0 Å². The maximum atomic E-state index is 11.1. The number of carbonyl (C=O) groups is 1. The van der Waals surface area contributed by atoms with Gasteiger partial charge in [0.25, 0.3) is 5.91 Å². The lowest BCUT2D eigenvalue weighted by atomic mass is 10.2. The van der Waals surface area contributed by atoms with Gasteiger partial charge in [-0.3, -0.25) is 4.79 Å². The van der Waals surface area contributed by atoms with E-state index < -0.39 is 0 Å². The fourth-order valence-electron chi connectivity index (χ4n) is 1.24. The molecule has 0 aliphatic carbocycles. The smallest absolute Gasteiger partial charge is 0.261 e. The summed E-state index contributed by atoms with van der Waals surface area (Å²) in [5, 5.41) is 2.79. The van der Waals surface area contributed by atoms with E-state index in [-0.39, 0.29) is 5.91 Å². The maximum absolute atomic E-state index is 11.1. The second-order valence-electron chi connectivity index (χ2n) is 2.60. The second-order valence-corrected chi connectivity index (χ2v) is 3.74. The minimum atomic E-state index is 0.102. The van der Waals surface area contributed by atoms with Gasteiger partial charge in [-0.15, -0.1) is 11.3 Å². The van der Waals surface area contributed by atoms with Crippen LogP contribution < -0.4 is 5.32 Å². The van der Waals surface area contributed by atoms with Gasteiger partial charge >= 0.3 is 0 Å². The summed E-state index contributed by atoms with van der Waals surface area (Å²) in [5.41, 5.74) is 1.18. The molecule has 3 heteroatoms. The summed E-state index contributed by atoms with van der Waals surface area (Å²) in [4.78, 5) is 13.3. The molecule has 1 amide bonds. The zero-order valence-corrected chi connectivity index (χ0v) is 7.12. The summed E-state index contributed by atoms with van der Waals surface area (Å²) in [7, 11) is 0. The lowest BCUT2D eigenvalue weighted by Gasteiger charge is -1.89. The molecule has 0 radical (unpaired) electrons. The molecular weight excluding hydrogens is 158 g/mol. The van der Waals surface area contributed by atoms with Crippen LogP contribution in [0.25, 0.3) is 0 Å². The highest BCUT2D eigenvalue weighted by molar-refractivity contribution is 7.14. The minimum absolute atomic E-state index is 0.102. The third kappa shape index (κ3) is 0.959. The molecule has 58 valence electrons.